The second-order valence-electron chi connectivity index (χ2n) is 4.09. The maximum absolute atomic E-state index is 8.62. The molecule has 1 atom stereocenters. The lowest BCUT2D eigenvalue weighted by Crippen LogP contribution is -2.11. The van der Waals surface area contributed by atoms with Crippen LogP contribution in [-0.4, -0.2) is 16.5 Å². The van der Waals surface area contributed by atoms with Crippen LogP contribution < -0.4 is 5.32 Å². The fourth-order valence-electron chi connectivity index (χ4n) is 1.63. The Hall–Kier alpha value is -2.41. The van der Waals surface area contributed by atoms with Crippen molar-refractivity contribution in [3.05, 3.63) is 54.0 Å². The van der Waals surface area contributed by atoms with E-state index in [-0.39, 0.29) is 0 Å². The fourth-order valence-corrected chi connectivity index (χ4v) is 1.63. The van der Waals surface area contributed by atoms with E-state index in [2.05, 4.69) is 34.3 Å². The predicted molar refractivity (Wildman–Crippen MR) is 70.1 cm³/mol. The van der Waals surface area contributed by atoms with Crippen LogP contribution >= 0.6 is 0 Å². The van der Waals surface area contributed by atoms with E-state index < -0.39 is 0 Å². The average molecular weight is 238 g/mol. The smallest absolute Gasteiger partial charge is 0.158 e. The number of rotatable bonds is 4. The first-order valence-electron chi connectivity index (χ1n) is 5.80. The average Bonchev–Trinajstić information content (AvgIpc) is 2.46. The van der Waals surface area contributed by atoms with Crippen LogP contribution in [-0.2, 0) is 0 Å². The van der Waals surface area contributed by atoms with Gasteiger partial charge in [-0.05, 0) is 11.5 Å². The Balaban J connectivity index is 1.93. The second kappa shape index (κ2) is 5.78. The molecule has 0 aliphatic rings. The Morgan fingerprint density at radius 3 is 2.61 bits per heavy atom. The van der Waals surface area contributed by atoms with Crippen molar-refractivity contribution in [2.24, 2.45) is 0 Å². The predicted octanol–water partition coefficient (Wildman–Crippen LogP) is 2.56. The van der Waals surface area contributed by atoms with Gasteiger partial charge >= 0.3 is 0 Å². The first-order chi connectivity index (χ1) is 8.79. The standard InChI is InChI=1S/C14H14N4/c1-11(12-5-3-2-4-6-12)8-17-14-10-16-13(7-15)9-18-14/h2-6,9-11H,8H2,1H3,(H,17,18). The van der Waals surface area contributed by atoms with Gasteiger partial charge in [0.15, 0.2) is 5.69 Å². The molecule has 1 heterocycles. The molecule has 1 unspecified atom stereocenters. The van der Waals surface area contributed by atoms with Crippen molar-refractivity contribution >= 4 is 5.82 Å². The molecule has 0 bridgehead atoms. The fraction of sp³-hybridized carbons (Fsp3) is 0.214. The minimum Gasteiger partial charge on any atom is -0.368 e. The Labute approximate surface area is 106 Å². The van der Waals surface area contributed by atoms with Crippen molar-refractivity contribution in [2.75, 3.05) is 11.9 Å². The van der Waals surface area contributed by atoms with Crippen LogP contribution in [0.25, 0.3) is 0 Å². The molecule has 2 rings (SSSR count). The van der Waals surface area contributed by atoms with E-state index in [0.717, 1.165) is 6.54 Å². The van der Waals surface area contributed by atoms with Gasteiger partial charge in [-0.2, -0.15) is 5.26 Å². The van der Waals surface area contributed by atoms with Crippen molar-refractivity contribution in [3.63, 3.8) is 0 Å². The highest BCUT2D eigenvalue weighted by Gasteiger charge is 2.05. The van der Waals surface area contributed by atoms with Crippen LogP contribution in [0.3, 0.4) is 0 Å². The summed E-state index contributed by atoms with van der Waals surface area (Å²) in [6, 6.07) is 12.2. The van der Waals surface area contributed by atoms with Crippen LogP contribution in [0.4, 0.5) is 5.82 Å². The molecule has 0 saturated heterocycles. The molecule has 1 aromatic carbocycles. The monoisotopic (exact) mass is 238 g/mol. The lowest BCUT2D eigenvalue weighted by molar-refractivity contribution is 0.800. The summed E-state index contributed by atoms with van der Waals surface area (Å²) in [6.07, 6.45) is 3.05. The number of hydrogen-bond donors (Lipinski definition) is 1. The van der Waals surface area contributed by atoms with Gasteiger partial charge < -0.3 is 5.32 Å². The third-order valence-corrected chi connectivity index (χ3v) is 2.72. The molecule has 4 nitrogen and oxygen atoms in total. The van der Waals surface area contributed by atoms with Gasteiger partial charge in [0, 0.05) is 6.54 Å². The van der Waals surface area contributed by atoms with Gasteiger partial charge in [0.1, 0.15) is 11.9 Å². The SMILES string of the molecule is CC(CNc1cnc(C#N)cn1)c1ccccc1. The number of anilines is 1. The zero-order valence-electron chi connectivity index (χ0n) is 10.2. The van der Waals surface area contributed by atoms with E-state index in [1.807, 2.05) is 24.3 Å². The molecule has 1 N–H and O–H groups in total. The summed E-state index contributed by atoms with van der Waals surface area (Å²) in [4.78, 5) is 8.08. The zero-order valence-corrected chi connectivity index (χ0v) is 10.2. The topological polar surface area (TPSA) is 61.6 Å². The number of hydrogen-bond acceptors (Lipinski definition) is 4. The third kappa shape index (κ3) is 3.05. The number of nitrogens with zero attached hydrogens (tertiary/aromatic N) is 3. The van der Waals surface area contributed by atoms with Gasteiger partial charge in [-0.3, -0.25) is 0 Å². The Morgan fingerprint density at radius 1 is 1.22 bits per heavy atom. The maximum Gasteiger partial charge on any atom is 0.158 e. The lowest BCUT2D eigenvalue weighted by Gasteiger charge is -2.13. The van der Waals surface area contributed by atoms with Gasteiger partial charge in [-0.15, -0.1) is 0 Å². The summed E-state index contributed by atoms with van der Waals surface area (Å²) in [5.74, 6) is 1.08. The largest absolute Gasteiger partial charge is 0.368 e. The van der Waals surface area contributed by atoms with Crippen LogP contribution in [0.5, 0.6) is 0 Å². The van der Waals surface area contributed by atoms with Gasteiger partial charge in [-0.25, -0.2) is 9.97 Å². The molecule has 2 aromatic rings. The molecule has 90 valence electrons. The number of benzene rings is 1. The summed E-state index contributed by atoms with van der Waals surface area (Å²) in [5.41, 5.74) is 1.61. The highest BCUT2D eigenvalue weighted by atomic mass is 15.0. The molecule has 0 spiro atoms. The number of nitriles is 1. The Bertz CT molecular complexity index is 528. The highest BCUT2D eigenvalue weighted by Crippen LogP contribution is 2.14. The first-order valence-corrected chi connectivity index (χ1v) is 5.80. The van der Waals surface area contributed by atoms with Crippen LogP contribution in [0.1, 0.15) is 24.1 Å². The summed E-state index contributed by atoms with van der Waals surface area (Å²) >= 11 is 0. The van der Waals surface area contributed by atoms with Gasteiger partial charge in [0.25, 0.3) is 0 Å². The van der Waals surface area contributed by atoms with Crippen LogP contribution in [0.2, 0.25) is 0 Å². The molecule has 0 amide bonds. The Kier molecular flexibility index (Phi) is 3.87. The minimum atomic E-state index is 0.330. The number of aromatic nitrogens is 2. The van der Waals surface area contributed by atoms with Crippen LogP contribution in [0.15, 0.2) is 42.7 Å². The number of nitrogens with one attached hydrogen (secondary N) is 1. The zero-order chi connectivity index (χ0) is 12.8. The molecule has 4 heteroatoms. The van der Waals surface area contributed by atoms with Crippen molar-refractivity contribution in [1.29, 1.82) is 5.26 Å². The van der Waals surface area contributed by atoms with E-state index in [1.54, 1.807) is 6.20 Å². The van der Waals surface area contributed by atoms with E-state index >= 15 is 0 Å². The summed E-state index contributed by atoms with van der Waals surface area (Å²) in [5, 5.41) is 11.8. The molecule has 1 aromatic heterocycles. The van der Waals surface area contributed by atoms with E-state index in [9.17, 15) is 0 Å². The minimum absolute atomic E-state index is 0.330. The van der Waals surface area contributed by atoms with Gasteiger partial charge in [0.05, 0.1) is 12.4 Å². The van der Waals surface area contributed by atoms with E-state index in [1.165, 1.54) is 11.8 Å². The Morgan fingerprint density at radius 2 is 2.00 bits per heavy atom. The second-order valence-corrected chi connectivity index (χ2v) is 4.09. The van der Waals surface area contributed by atoms with Crippen molar-refractivity contribution < 1.29 is 0 Å². The van der Waals surface area contributed by atoms with Gasteiger partial charge in [0.2, 0.25) is 0 Å². The van der Waals surface area contributed by atoms with Gasteiger partial charge in [-0.1, -0.05) is 37.3 Å². The highest BCUT2D eigenvalue weighted by molar-refractivity contribution is 5.34. The molecule has 18 heavy (non-hydrogen) atoms. The molecular formula is C14H14N4. The quantitative estimate of drug-likeness (QED) is 0.889. The third-order valence-electron chi connectivity index (χ3n) is 2.72. The maximum atomic E-state index is 8.62. The van der Waals surface area contributed by atoms with Crippen LogP contribution in [0, 0.1) is 11.3 Å². The summed E-state index contributed by atoms with van der Waals surface area (Å²) in [7, 11) is 0. The molecule has 0 aliphatic carbocycles. The van der Waals surface area contributed by atoms with E-state index in [0.29, 0.717) is 17.4 Å². The summed E-state index contributed by atoms with van der Waals surface area (Å²) in [6.45, 7) is 2.93. The molecular weight excluding hydrogens is 224 g/mol. The molecule has 0 fully saturated rings. The molecule has 0 aliphatic heterocycles. The normalized spacial score (nSPS) is 11.6. The van der Waals surface area contributed by atoms with Crippen molar-refractivity contribution in [2.45, 2.75) is 12.8 Å². The molecule has 0 radical (unpaired) electrons. The van der Waals surface area contributed by atoms with E-state index in [4.69, 9.17) is 5.26 Å². The van der Waals surface area contributed by atoms with Crippen molar-refractivity contribution in [1.82, 2.24) is 9.97 Å². The van der Waals surface area contributed by atoms with Crippen molar-refractivity contribution in [3.8, 4) is 6.07 Å². The summed E-state index contributed by atoms with van der Waals surface area (Å²) < 4.78 is 0. The molecule has 0 saturated carbocycles. The first kappa shape index (κ1) is 12.1. The lowest BCUT2D eigenvalue weighted by atomic mass is 10.0.